The summed E-state index contributed by atoms with van der Waals surface area (Å²) in [7, 11) is -10.3. The van der Waals surface area contributed by atoms with E-state index in [-0.39, 0.29) is 76.8 Å². The van der Waals surface area contributed by atoms with Crippen LogP contribution in [-0.2, 0) is 26.7 Å². The average molecular weight is 430 g/mol. The molecular formula is C16H16Na2O7S2. The van der Waals surface area contributed by atoms with Crippen molar-refractivity contribution in [1.29, 1.82) is 0 Å². The van der Waals surface area contributed by atoms with Gasteiger partial charge in [-0.3, -0.25) is 0 Å². The van der Waals surface area contributed by atoms with E-state index in [1.807, 2.05) is 6.92 Å². The van der Waals surface area contributed by atoms with E-state index in [4.69, 9.17) is 4.74 Å². The van der Waals surface area contributed by atoms with Crippen LogP contribution in [0, 0.1) is 0 Å². The van der Waals surface area contributed by atoms with Crippen molar-refractivity contribution < 1.29 is 89.8 Å². The molecule has 0 spiro atoms. The van der Waals surface area contributed by atoms with Gasteiger partial charge in [0.05, 0.1) is 9.79 Å². The Morgan fingerprint density at radius 2 is 1.48 bits per heavy atom. The van der Waals surface area contributed by atoms with Crippen molar-refractivity contribution in [3.63, 3.8) is 0 Å². The van der Waals surface area contributed by atoms with Crippen LogP contribution in [0.2, 0.25) is 0 Å². The summed E-state index contributed by atoms with van der Waals surface area (Å²) in [4.78, 5) is -2.07. The third-order valence-electron chi connectivity index (χ3n) is 3.45. The van der Waals surface area contributed by atoms with E-state index in [1.54, 1.807) is 30.3 Å². The maximum absolute atomic E-state index is 11.7. The summed E-state index contributed by atoms with van der Waals surface area (Å²) in [6.07, 6.45) is 1.23. The Morgan fingerprint density at radius 1 is 0.889 bits per heavy atom. The molecule has 0 atom stereocenters. The first-order valence-corrected chi connectivity index (χ1v) is 10.3. The molecule has 0 amide bonds. The van der Waals surface area contributed by atoms with E-state index < -0.39 is 30.0 Å². The first-order chi connectivity index (χ1) is 11.6. The van der Waals surface area contributed by atoms with Gasteiger partial charge in [-0.15, -0.1) is 0 Å². The van der Waals surface area contributed by atoms with E-state index >= 15 is 0 Å². The summed E-state index contributed by atoms with van der Waals surface area (Å²) in [5.74, 6) is 0.411. The van der Waals surface area contributed by atoms with Gasteiger partial charge < -0.3 is 13.8 Å². The Balaban J connectivity index is 0.00000338. The second-order valence-electron chi connectivity index (χ2n) is 5.30. The number of rotatable bonds is 7. The number of ether oxygens (including phenoxy) is 1. The molecule has 27 heavy (non-hydrogen) atoms. The largest absolute Gasteiger partial charge is 1.00 e. The molecule has 0 aliphatic carbocycles. The van der Waals surface area contributed by atoms with Crippen LogP contribution < -0.4 is 63.9 Å². The second kappa shape index (κ2) is 11.3. The molecule has 0 heterocycles. The van der Waals surface area contributed by atoms with Gasteiger partial charge >= 0.3 is 59.1 Å². The number of hydrogen-bond acceptors (Lipinski definition) is 7. The van der Waals surface area contributed by atoms with E-state index in [2.05, 4.69) is 0 Å². The Bertz CT molecular complexity index is 960. The predicted octanol–water partition coefficient (Wildman–Crippen LogP) is -3.36. The fraction of sp³-hybridized carbons (Fsp3) is 0.250. The van der Waals surface area contributed by atoms with Gasteiger partial charge in [0.2, 0.25) is 0 Å². The fourth-order valence-corrected chi connectivity index (χ4v) is 4.38. The monoisotopic (exact) mass is 430 g/mol. The molecule has 0 radical (unpaired) electrons. The number of unbranched alkanes of at least 4 members (excludes halogenated alkanes) is 1. The van der Waals surface area contributed by atoms with Crippen molar-refractivity contribution in [2.24, 2.45) is 0 Å². The third-order valence-corrected chi connectivity index (χ3v) is 5.43. The molecule has 7 nitrogen and oxygen atoms in total. The Hall–Kier alpha value is 0.0600. The summed E-state index contributed by atoms with van der Waals surface area (Å²) >= 11 is 0. The van der Waals surface area contributed by atoms with Crippen molar-refractivity contribution in [1.82, 2.24) is 0 Å². The molecule has 0 aromatic heterocycles. The summed E-state index contributed by atoms with van der Waals surface area (Å²) in [5, 5.41) is 0. The van der Waals surface area contributed by atoms with E-state index in [9.17, 15) is 25.9 Å². The van der Waals surface area contributed by atoms with Crippen LogP contribution in [0.5, 0.6) is 11.5 Å². The molecule has 0 bridgehead atoms. The zero-order chi connectivity index (χ0) is 18.7. The molecule has 0 aliphatic heterocycles. The van der Waals surface area contributed by atoms with E-state index in [0.717, 1.165) is 6.07 Å². The Morgan fingerprint density at radius 3 is 1.96 bits per heavy atom. The van der Waals surface area contributed by atoms with Gasteiger partial charge in [0.1, 0.15) is 31.7 Å². The van der Waals surface area contributed by atoms with Crippen LogP contribution in [0.1, 0.15) is 25.3 Å². The molecule has 0 saturated heterocycles. The molecule has 0 aliphatic rings. The molecule has 0 saturated carbocycles. The average Bonchev–Trinajstić information content (AvgIpc) is 2.52. The standard InChI is InChI=1S/C16H18O7S2.2Na/c1-2-3-9-13-14(23-12-7-5-4-6-8-12)10-11-15(24(17,18)19)16(13)25(20,21)22;;/h4-8,10-11H,2-3,9H2,1H3,(H,17,18,19)(H,20,21,22);;/q;2*+1/p-2. The zero-order valence-electron chi connectivity index (χ0n) is 15.3. The van der Waals surface area contributed by atoms with Crippen molar-refractivity contribution in [3.05, 3.63) is 48.0 Å². The van der Waals surface area contributed by atoms with Crippen LogP contribution in [0.4, 0.5) is 0 Å². The quantitative estimate of drug-likeness (QED) is 0.332. The van der Waals surface area contributed by atoms with Crippen LogP contribution in [-0.4, -0.2) is 25.9 Å². The van der Waals surface area contributed by atoms with Gasteiger partial charge in [0, 0.05) is 5.56 Å². The van der Waals surface area contributed by atoms with Crippen LogP contribution >= 0.6 is 0 Å². The van der Waals surface area contributed by atoms with Gasteiger partial charge in [-0.05, 0) is 37.1 Å². The van der Waals surface area contributed by atoms with Crippen molar-refractivity contribution >= 4 is 20.2 Å². The van der Waals surface area contributed by atoms with Gasteiger partial charge in [-0.1, -0.05) is 31.5 Å². The number of benzene rings is 2. The van der Waals surface area contributed by atoms with Crippen molar-refractivity contribution in [3.8, 4) is 11.5 Å². The van der Waals surface area contributed by atoms with Crippen LogP contribution in [0.25, 0.3) is 0 Å². The summed E-state index contributed by atoms with van der Waals surface area (Å²) < 4.78 is 74.8. The first-order valence-electron chi connectivity index (χ1n) is 7.45. The maximum atomic E-state index is 11.7. The molecular weight excluding hydrogens is 414 g/mol. The molecule has 0 fully saturated rings. The number of hydrogen-bond donors (Lipinski definition) is 0. The van der Waals surface area contributed by atoms with Gasteiger partial charge in [-0.25, -0.2) is 16.8 Å². The van der Waals surface area contributed by atoms with E-state index in [1.165, 1.54) is 6.07 Å². The fourth-order valence-electron chi connectivity index (χ4n) is 2.36. The molecule has 11 heteroatoms. The van der Waals surface area contributed by atoms with E-state index in [0.29, 0.717) is 18.6 Å². The topological polar surface area (TPSA) is 124 Å². The summed E-state index contributed by atoms with van der Waals surface area (Å²) in [6.45, 7) is 1.84. The molecule has 2 aromatic carbocycles. The van der Waals surface area contributed by atoms with Gasteiger partial charge in [0.15, 0.2) is 0 Å². The SMILES string of the molecule is CCCCc1c(Oc2ccccc2)ccc(S(=O)(=O)[O-])c1S(=O)(=O)[O-].[Na+].[Na+]. The maximum Gasteiger partial charge on any atom is 1.00 e. The van der Waals surface area contributed by atoms with Gasteiger partial charge in [-0.2, -0.15) is 0 Å². The molecule has 0 N–H and O–H groups in total. The Labute approximate surface area is 203 Å². The molecule has 0 unspecified atom stereocenters. The minimum atomic E-state index is -5.20. The minimum absolute atomic E-state index is 0. The predicted molar refractivity (Wildman–Crippen MR) is 87.5 cm³/mol. The molecule has 2 aromatic rings. The van der Waals surface area contributed by atoms with Gasteiger partial charge in [0.25, 0.3) is 0 Å². The second-order valence-corrected chi connectivity index (χ2v) is 7.96. The third kappa shape index (κ3) is 7.43. The smallest absolute Gasteiger partial charge is 0.744 e. The van der Waals surface area contributed by atoms with Crippen molar-refractivity contribution in [2.75, 3.05) is 0 Å². The minimum Gasteiger partial charge on any atom is -0.744 e. The normalized spacial score (nSPS) is 11.2. The van der Waals surface area contributed by atoms with Crippen LogP contribution in [0.3, 0.4) is 0 Å². The zero-order valence-corrected chi connectivity index (χ0v) is 21.0. The molecule has 2 rings (SSSR count). The first kappa shape index (κ1) is 27.1. The Kier molecular flexibility index (Phi) is 11.3. The van der Waals surface area contributed by atoms with Crippen LogP contribution in [0.15, 0.2) is 52.3 Å². The van der Waals surface area contributed by atoms with Crippen molar-refractivity contribution in [2.45, 2.75) is 36.0 Å². The summed E-state index contributed by atoms with van der Waals surface area (Å²) in [5.41, 5.74) is -0.0994. The number of para-hydroxylation sites is 1. The molecule has 136 valence electrons. The summed E-state index contributed by atoms with van der Waals surface area (Å²) in [6, 6.07) is 10.4.